The van der Waals surface area contributed by atoms with Gasteiger partial charge in [0.05, 0.1) is 12.0 Å². The maximum absolute atomic E-state index is 6.18. The lowest BCUT2D eigenvalue weighted by molar-refractivity contribution is 0.215. The molecular formula is C11H18ClN3. The Hall–Kier alpha value is -0.540. The first-order valence-corrected chi connectivity index (χ1v) is 6.02. The Morgan fingerprint density at radius 3 is 2.80 bits per heavy atom. The molecular weight excluding hydrogens is 210 g/mol. The number of hydrogen-bond acceptors (Lipinski definition) is 2. The topological polar surface area (TPSA) is 43.8 Å². The molecule has 0 aromatic carbocycles. The minimum Gasteiger partial charge on any atom is -0.333 e. The van der Waals surface area contributed by atoms with Gasteiger partial charge in [-0.25, -0.2) is 4.98 Å². The van der Waals surface area contributed by atoms with Crippen LogP contribution in [0.2, 0.25) is 5.15 Å². The van der Waals surface area contributed by atoms with Crippen LogP contribution in [0.25, 0.3) is 0 Å². The maximum atomic E-state index is 6.18. The number of imidazole rings is 1. The fourth-order valence-electron chi connectivity index (χ4n) is 2.61. The van der Waals surface area contributed by atoms with Crippen LogP contribution in [0.5, 0.6) is 0 Å². The third-order valence-corrected chi connectivity index (χ3v) is 3.85. The monoisotopic (exact) mass is 227 g/mol. The maximum Gasteiger partial charge on any atom is 0.150 e. The molecule has 2 rings (SSSR count). The van der Waals surface area contributed by atoms with E-state index in [-0.39, 0.29) is 5.41 Å². The van der Waals surface area contributed by atoms with Gasteiger partial charge in [-0.2, -0.15) is 0 Å². The molecule has 4 heteroatoms. The summed E-state index contributed by atoms with van der Waals surface area (Å²) in [5.41, 5.74) is 7.13. The molecule has 0 spiro atoms. The molecule has 1 aliphatic carbocycles. The minimum atomic E-state index is 0.221. The van der Waals surface area contributed by atoms with Crippen LogP contribution in [0.3, 0.4) is 0 Å². The molecule has 0 aliphatic heterocycles. The SMILES string of the molecule is CCn1cnc(Cl)c1C1(CCN)CCC1. The number of halogens is 1. The number of aryl methyl sites for hydroxylation is 1. The largest absolute Gasteiger partial charge is 0.333 e. The van der Waals surface area contributed by atoms with Gasteiger partial charge in [0.15, 0.2) is 5.15 Å². The van der Waals surface area contributed by atoms with E-state index in [0.29, 0.717) is 5.15 Å². The standard InChI is InChI=1S/C11H18ClN3/c1-2-15-8-14-10(12)9(15)11(6-7-13)4-3-5-11/h8H,2-7,13H2,1H3. The molecule has 2 N–H and O–H groups in total. The fourth-order valence-corrected chi connectivity index (χ4v) is 2.96. The summed E-state index contributed by atoms with van der Waals surface area (Å²) in [6.45, 7) is 3.78. The highest BCUT2D eigenvalue weighted by Crippen LogP contribution is 2.48. The number of nitrogens with two attached hydrogens (primary N) is 1. The van der Waals surface area contributed by atoms with E-state index in [1.54, 1.807) is 0 Å². The van der Waals surface area contributed by atoms with Crippen LogP contribution in [0.15, 0.2) is 6.33 Å². The summed E-state index contributed by atoms with van der Waals surface area (Å²) >= 11 is 6.18. The van der Waals surface area contributed by atoms with Crippen LogP contribution >= 0.6 is 11.6 Å². The van der Waals surface area contributed by atoms with E-state index in [1.807, 2.05) is 6.33 Å². The average molecular weight is 228 g/mol. The highest BCUT2D eigenvalue weighted by Gasteiger charge is 2.41. The van der Waals surface area contributed by atoms with Crippen LogP contribution < -0.4 is 5.73 Å². The molecule has 0 saturated heterocycles. The minimum absolute atomic E-state index is 0.221. The number of nitrogens with zero attached hydrogens (tertiary/aromatic N) is 2. The van der Waals surface area contributed by atoms with E-state index in [2.05, 4.69) is 16.5 Å². The molecule has 1 aromatic rings. The van der Waals surface area contributed by atoms with Gasteiger partial charge < -0.3 is 10.3 Å². The summed E-state index contributed by atoms with van der Waals surface area (Å²) in [4.78, 5) is 4.21. The van der Waals surface area contributed by atoms with Crippen molar-refractivity contribution in [1.82, 2.24) is 9.55 Å². The Balaban J connectivity index is 2.37. The van der Waals surface area contributed by atoms with Crippen molar-refractivity contribution in [2.24, 2.45) is 5.73 Å². The molecule has 15 heavy (non-hydrogen) atoms. The summed E-state index contributed by atoms with van der Waals surface area (Å²) in [6, 6.07) is 0. The average Bonchev–Trinajstić information content (AvgIpc) is 2.54. The van der Waals surface area contributed by atoms with Gasteiger partial charge >= 0.3 is 0 Å². The van der Waals surface area contributed by atoms with E-state index in [4.69, 9.17) is 17.3 Å². The first-order chi connectivity index (χ1) is 7.23. The Morgan fingerprint density at radius 2 is 2.33 bits per heavy atom. The van der Waals surface area contributed by atoms with Gasteiger partial charge in [0.25, 0.3) is 0 Å². The second-order valence-corrected chi connectivity index (χ2v) is 4.70. The third-order valence-electron chi connectivity index (χ3n) is 3.57. The van der Waals surface area contributed by atoms with Gasteiger partial charge in [-0.15, -0.1) is 0 Å². The van der Waals surface area contributed by atoms with Crippen LogP contribution in [0, 0.1) is 0 Å². The predicted molar refractivity (Wildman–Crippen MR) is 62.1 cm³/mol. The summed E-state index contributed by atoms with van der Waals surface area (Å²) in [5.74, 6) is 0. The Labute approximate surface area is 95.6 Å². The highest BCUT2D eigenvalue weighted by atomic mass is 35.5. The highest BCUT2D eigenvalue weighted by molar-refractivity contribution is 6.30. The van der Waals surface area contributed by atoms with Crippen molar-refractivity contribution >= 4 is 11.6 Å². The van der Waals surface area contributed by atoms with E-state index in [9.17, 15) is 0 Å². The molecule has 1 heterocycles. The van der Waals surface area contributed by atoms with Crippen LogP contribution in [0.4, 0.5) is 0 Å². The molecule has 0 bridgehead atoms. The molecule has 0 radical (unpaired) electrons. The summed E-state index contributed by atoms with van der Waals surface area (Å²) < 4.78 is 2.16. The number of rotatable bonds is 4. The first kappa shape index (κ1) is 11.0. The summed E-state index contributed by atoms with van der Waals surface area (Å²) in [6.07, 6.45) is 6.56. The van der Waals surface area contributed by atoms with Crippen LogP contribution in [-0.2, 0) is 12.0 Å². The predicted octanol–water partition coefficient (Wildman–Crippen LogP) is 2.33. The molecule has 1 aromatic heterocycles. The molecule has 3 nitrogen and oxygen atoms in total. The van der Waals surface area contributed by atoms with Gasteiger partial charge in [-0.05, 0) is 32.7 Å². The zero-order valence-corrected chi connectivity index (χ0v) is 9.93. The lowest BCUT2D eigenvalue weighted by Gasteiger charge is -2.42. The molecule has 0 unspecified atom stereocenters. The molecule has 1 saturated carbocycles. The lowest BCUT2D eigenvalue weighted by Crippen LogP contribution is -2.38. The molecule has 84 valence electrons. The Bertz CT molecular complexity index is 342. The smallest absolute Gasteiger partial charge is 0.150 e. The van der Waals surface area contributed by atoms with Crippen molar-refractivity contribution in [2.45, 2.75) is 44.6 Å². The van der Waals surface area contributed by atoms with Gasteiger partial charge in [-0.1, -0.05) is 18.0 Å². The second kappa shape index (κ2) is 4.14. The second-order valence-electron chi connectivity index (χ2n) is 4.34. The van der Waals surface area contributed by atoms with Gasteiger partial charge in [0.2, 0.25) is 0 Å². The van der Waals surface area contributed by atoms with Crippen molar-refractivity contribution < 1.29 is 0 Å². The number of hydrogen-bond donors (Lipinski definition) is 1. The van der Waals surface area contributed by atoms with E-state index >= 15 is 0 Å². The van der Waals surface area contributed by atoms with Crippen LogP contribution in [0.1, 0.15) is 38.3 Å². The van der Waals surface area contributed by atoms with Crippen molar-refractivity contribution in [2.75, 3.05) is 6.54 Å². The fraction of sp³-hybridized carbons (Fsp3) is 0.727. The summed E-state index contributed by atoms with van der Waals surface area (Å²) in [7, 11) is 0. The lowest BCUT2D eigenvalue weighted by atomic mass is 9.64. The van der Waals surface area contributed by atoms with Crippen molar-refractivity contribution in [3.8, 4) is 0 Å². The van der Waals surface area contributed by atoms with Crippen molar-refractivity contribution in [3.05, 3.63) is 17.2 Å². The Kier molecular flexibility index (Phi) is 3.03. The molecule has 1 aliphatic rings. The van der Waals surface area contributed by atoms with Crippen molar-refractivity contribution in [1.29, 1.82) is 0 Å². The molecule has 0 atom stereocenters. The van der Waals surface area contributed by atoms with Crippen LogP contribution in [-0.4, -0.2) is 16.1 Å². The van der Waals surface area contributed by atoms with Gasteiger partial charge in [-0.3, -0.25) is 0 Å². The first-order valence-electron chi connectivity index (χ1n) is 5.64. The third kappa shape index (κ3) is 1.68. The molecule has 1 fully saturated rings. The normalized spacial score (nSPS) is 18.9. The molecule has 0 amide bonds. The van der Waals surface area contributed by atoms with E-state index in [0.717, 1.165) is 19.5 Å². The zero-order valence-electron chi connectivity index (χ0n) is 9.17. The van der Waals surface area contributed by atoms with Gasteiger partial charge in [0.1, 0.15) is 0 Å². The quantitative estimate of drug-likeness (QED) is 0.858. The van der Waals surface area contributed by atoms with Crippen molar-refractivity contribution in [3.63, 3.8) is 0 Å². The van der Waals surface area contributed by atoms with E-state index in [1.165, 1.54) is 25.0 Å². The summed E-state index contributed by atoms with van der Waals surface area (Å²) in [5, 5.41) is 0.671. The van der Waals surface area contributed by atoms with E-state index < -0.39 is 0 Å². The van der Waals surface area contributed by atoms with Gasteiger partial charge in [0, 0.05) is 12.0 Å². The Morgan fingerprint density at radius 1 is 1.60 bits per heavy atom. The zero-order chi connectivity index (χ0) is 10.9. The number of aromatic nitrogens is 2.